The van der Waals surface area contributed by atoms with Gasteiger partial charge in [-0.05, 0) is 18.4 Å². The number of aliphatic carboxylic acids is 1. The molecule has 108 valence electrons. The fraction of sp³-hybridized carbons (Fsp3) is 0.500. The number of carboxylic acid groups (broad SMARTS) is 1. The van der Waals surface area contributed by atoms with Gasteiger partial charge in [0.25, 0.3) is 0 Å². The molecule has 0 heterocycles. The van der Waals surface area contributed by atoms with Crippen LogP contribution in [0.15, 0.2) is 30.3 Å². The third-order valence-corrected chi connectivity index (χ3v) is 3.89. The topological polar surface area (TPSA) is 66.4 Å². The number of hydrogen-bond acceptors (Lipinski definition) is 2. The fourth-order valence-electron chi connectivity index (χ4n) is 2.82. The molecule has 0 aliphatic heterocycles. The largest absolute Gasteiger partial charge is 0.481 e. The van der Waals surface area contributed by atoms with Gasteiger partial charge in [-0.15, -0.1) is 0 Å². The van der Waals surface area contributed by atoms with Crippen LogP contribution in [0.2, 0.25) is 0 Å². The molecule has 0 unspecified atom stereocenters. The SMILES string of the molecule is O=C(Cc1ccccc1)N[C@H]1CCCCC[C@H]1C(=O)O. The number of carbonyl (C=O) groups is 2. The van der Waals surface area contributed by atoms with Crippen molar-refractivity contribution in [3.05, 3.63) is 35.9 Å². The Morgan fingerprint density at radius 3 is 2.50 bits per heavy atom. The molecule has 0 saturated heterocycles. The lowest BCUT2D eigenvalue weighted by Gasteiger charge is -2.22. The summed E-state index contributed by atoms with van der Waals surface area (Å²) in [5.41, 5.74) is 0.950. The van der Waals surface area contributed by atoms with Crippen molar-refractivity contribution < 1.29 is 14.7 Å². The van der Waals surface area contributed by atoms with Gasteiger partial charge in [0.1, 0.15) is 0 Å². The molecule has 4 nitrogen and oxygen atoms in total. The molecule has 0 spiro atoms. The van der Waals surface area contributed by atoms with Crippen molar-refractivity contribution in [1.82, 2.24) is 5.32 Å². The Labute approximate surface area is 119 Å². The second kappa shape index (κ2) is 7.08. The van der Waals surface area contributed by atoms with Crippen molar-refractivity contribution in [2.75, 3.05) is 0 Å². The van der Waals surface area contributed by atoms with E-state index >= 15 is 0 Å². The summed E-state index contributed by atoms with van der Waals surface area (Å²) in [6.07, 6.45) is 4.70. The second-order valence-corrected chi connectivity index (χ2v) is 5.42. The smallest absolute Gasteiger partial charge is 0.308 e. The number of rotatable bonds is 4. The van der Waals surface area contributed by atoms with E-state index in [9.17, 15) is 14.7 Å². The molecular weight excluding hydrogens is 254 g/mol. The summed E-state index contributed by atoms with van der Waals surface area (Å²) in [4.78, 5) is 23.4. The molecule has 1 aliphatic carbocycles. The first-order valence-electron chi connectivity index (χ1n) is 7.23. The van der Waals surface area contributed by atoms with Crippen LogP contribution >= 0.6 is 0 Å². The average molecular weight is 275 g/mol. The summed E-state index contributed by atoms with van der Waals surface area (Å²) >= 11 is 0. The van der Waals surface area contributed by atoms with Crippen LogP contribution in [0.4, 0.5) is 0 Å². The molecular formula is C16H21NO3. The molecule has 0 radical (unpaired) electrons. The van der Waals surface area contributed by atoms with Gasteiger partial charge < -0.3 is 10.4 Å². The fourth-order valence-corrected chi connectivity index (χ4v) is 2.82. The van der Waals surface area contributed by atoms with E-state index in [1.807, 2.05) is 30.3 Å². The minimum Gasteiger partial charge on any atom is -0.481 e. The molecule has 2 rings (SSSR count). The van der Waals surface area contributed by atoms with Gasteiger partial charge in [0.2, 0.25) is 5.91 Å². The maximum Gasteiger partial charge on any atom is 0.308 e. The van der Waals surface area contributed by atoms with Crippen LogP contribution in [0.5, 0.6) is 0 Å². The van der Waals surface area contributed by atoms with E-state index in [0.717, 1.165) is 31.2 Å². The minimum atomic E-state index is -0.795. The normalized spacial score (nSPS) is 22.8. The molecule has 1 saturated carbocycles. The number of benzene rings is 1. The summed E-state index contributed by atoms with van der Waals surface area (Å²) in [5, 5.41) is 12.2. The Hall–Kier alpha value is -1.84. The molecule has 1 fully saturated rings. The van der Waals surface area contributed by atoms with Crippen LogP contribution in [0.25, 0.3) is 0 Å². The van der Waals surface area contributed by atoms with Crippen LogP contribution in [-0.2, 0) is 16.0 Å². The van der Waals surface area contributed by atoms with Crippen LogP contribution in [-0.4, -0.2) is 23.0 Å². The Kier molecular flexibility index (Phi) is 5.16. The second-order valence-electron chi connectivity index (χ2n) is 5.42. The zero-order valence-electron chi connectivity index (χ0n) is 11.5. The van der Waals surface area contributed by atoms with Crippen molar-refractivity contribution >= 4 is 11.9 Å². The van der Waals surface area contributed by atoms with Gasteiger partial charge in [-0.25, -0.2) is 0 Å². The van der Waals surface area contributed by atoms with Gasteiger partial charge in [0.05, 0.1) is 12.3 Å². The van der Waals surface area contributed by atoms with E-state index < -0.39 is 11.9 Å². The predicted molar refractivity (Wildman–Crippen MR) is 76.3 cm³/mol. The van der Waals surface area contributed by atoms with Crippen LogP contribution in [0, 0.1) is 5.92 Å². The van der Waals surface area contributed by atoms with E-state index in [1.165, 1.54) is 0 Å². The predicted octanol–water partition coefficient (Wildman–Crippen LogP) is 2.38. The summed E-state index contributed by atoms with van der Waals surface area (Å²) in [7, 11) is 0. The van der Waals surface area contributed by atoms with Crippen molar-refractivity contribution in [2.45, 2.75) is 44.6 Å². The van der Waals surface area contributed by atoms with Crippen molar-refractivity contribution in [1.29, 1.82) is 0 Å². The lowest BCUT2D eigenvalue weighted by Crippen LogP contribution is -2.43. The van der Waals surface area contributed by atoms with Gasteiger partial charge >= 0.3 is 5.97 Å². The number of carboxylic acids is 1. The number of nitrogens with one attached hydrogen (secondary N) is 1. The zero-order chi connectivity index (χ0) is 14.4. The maximum atomic E-state index is 12.1. The van der Waals surface area contributed by atoms with Gasteiger partial charge in [-0.1, -0.05) is 49.6 Å². The average Bonchev–Trinajstić information content (AvgIpc) is 2.65. The molecule has 1 aromatic rings. The van der Waals surface area contributed by atoms with Crippen LogP contribution in [0.3, 0.4) is 0 Å². The molecule has 0 bridgehead atoms. The van der Waals surface area contributed by atoms with Gasteiger partial charge in [0.15, 0.2) is 0 Å². The highest BCUT2D eigenvalue weighted by Gasteiger charge is 2.30. The van der Waals surface area contributed by atoms with Gasteiger partial charge in [-0.3, -0.25) is 9.59 Å². The van der Waals surface area contributed by atoms with Crippen molar-refractivity contribution in [3.8, 4) is 0 Å². The summed E-state index contributed by atoms with van der Waals surface area (Å²) in [5.74, 6) is -1.33. The van der Waals surface area contributed by atoms with E-state index in [-0.39, 0.29) is 11.9 Å². The molecule has 4 heteroatoms. The van der Waals surface area contributed by atoms with Gasteiger partial charge in [0, 0.05) is 6.04 Å². The highest BCUT2D eigenvalue weighted by atomic mass is 16.4. The molecule has 20 heavy (non-hydrogen) atoms. The first kappa shape index (κ1) is 14.6. The summed E-state index contributed by atoms with van der Waals surface area (Å²) < 4.78 is 0. The lowest BCUT2D eigenvalue weighted by molar-refractivity contribution is -0.143. The third-order valence-electron chi connectivity index (χ3n) is 3.89. The standard InChI is InChI=1S/C16H21NO3/c18-15(11-12-7-3-1-4-8-12)17-14-10-6-2-5-9-13(14)16(19)20/h1,3-4,7-8,13-14H,2,5-6,9-11H2,(H,17,18)(H,19,20)/t13-,14+/m1/s1. The number of amides is 1. The number of hydrogen-bond donors (Lipinski definition) is 2. The van der Waals surface area contributed by atoms with E-state index in [0.29, 0.717) is 12.8 Å². The Balaban J connectivity index is 1.95. The molecule has 2 atom stereocenters. The summed E-state index contributed by atoms with van der Waals surface area (Å²) in [6.45, 7) is 0. The van der Waals surface area contributed by atoms with Crippen molar-refractivity contribution in [3.63, 3.8) is 0 Å². The Morgan fingerprint density at radius 1 is 1.10 bits per heavy atom. The van der Waals surface area contributed by atoms with Crippen LogP contribution in [0.1, 0.15) is 37.7 Å². The van der Waals surface area contributed by atoms with Crippen LogP contribution < -0.4 is 5.32 Å². The zero-order valence-corrected chi connectivity index (χ0v) is 11.5. The van der Waals surface area contributed by atoms with Gasteiger partial charge in [-0.2, -0.15) is 0 Å². The highest BCUT2D eigenvalue weighted by Crippen LogP contribution is 2.23. The highest BCUT2D eigenvalue weighted by molar-refractivity contribution is 5.80. The Morgan fingerprint density at radius 2 is 1.80 bits per heavy atom. The van der Waals surface area contributed by atoms with E-state index in [1.54, 1.807) is 0 Å². The first-order chi connectivity index (χ1) is 9.66. The minimum absolute atomic E-state index is 0.0886. The first-order valence-corrected chi connectivity index (χ1v) is 7.23. The molecule has 0 aromatic heterocycles. The summed E-state index contributed by atoms with van der Waals surface area (Å²) in [6, 6.07) is 9.28. The van der Waals surface area contributed by atoms with Crippen molar-refractivity contribution in [2.24, 2.45) is 5.92 Å². The quantitative estimate of drug-likeness (QED) is 0.829. The number of carbonyl (C=O) groups excluding carboxylic acids is 1. The van der Waals surface area contributed by atoms with E-state index in [4.69, 9.17) is 0 Å². The maximum absolute atomic E-state index is 12.1. The Bertz CT molecular complexity index is 458. The lowest BCUT2D eigenvalue weighted by atomic mass is 9.94. The molecule has 1 aliphatic rings. The third kappa shape index (κ3) is 4.08. The molecule has 1 amide bonds. The van der Waals surface area contributed by atoms with E-state index in [2.05, 4.69) is 5.32 Å². The molecule has 2 N–H and O–H groups in total. The molecule has 1 aromatic carbocycles. The monoisotopic (exact) mass is 275 g/mol.